The predicted molar refractivity (Wildman–Crippen MR) is 77.4 cm³/mol. The standard InChI is InChI=1S/C12H26OS2/c1-5-7-9-13-12(14)15(11(3)4)10-8-6-2/h11,14H,5-10H2,1-4H3. The normalized spacial score (nSPS) is 14.4. The van der Waals surface area contributed by atoms with E-state index in [0.717, 1.165) is 17.4 Å². The number of thiol groups is 1. The van der Waals surface area contributed by atoms with Gasteiger partial charge in [-0.2, -0.15) is 0 Å². The topological polar surface area (TPSA) is 9.23 Å². The van der Waals surface area contributed by atoms with E-state index in [1.54, 1.807) is 0 Å². The molecule has 0 spiro atoms. The average Bonchev–Trinajstić information content (AvgIpc) is 2.18. The summed E-state index contributed by atoms with van der Waals surface area (Å²) in [5, 5.41) is 0.658. The Hall–Kier alpha value is 0.530. The molecule has 0 radical (unpaired) electrons. The lowest BCUT2D eigenvalue weighted by Crippen LogP contribution is -2.06. The molecular formula is C12H26OS2. The van der Waals surface area contributed by atoms with Gasteiger partial charge in [-0.3, -0.25) is 0 Å². The lowest BCUT2D eigenvalue weighted by atomic mass is 10.4. The van der Waals surface area contributed by atoms with E-state index in [-0.39, 0.29) is 10.5 Å². The van der Waals surface area contributed by atoms with Crippen molar-refractivity contribution in [1.29, 1.82) is 0 Å². The van der Waals surface area contributed by atoms with Gasteiger partial charge in [0, 0.05) is 0 Å². The Morgan fingerprint density at radius 2 is 1.80 bits per heavy atom. The van der Waals surface area contributed by atoms with Gasteiger partial charge in [-0.25, -0.2) is 0 Å². The zero-order valence-electron chi connectivity index (χ0n) is 10.6. The highest BCUT2D eigenvalue weighted by Gasteiger charge is 2.06. The fourth-order valence-electron chi connectivity index (χ4n) is 1.20. The first kappa shape index (κ1) is 15.5. The monoisotopic (exact) mass is 250 g/mol. The van der Waals surface area contributed by atoms with E-state index in [1.807, 2.05) is 0 Å². The molecule has 0 aliphatic rings. The minimum absolute atomic E-state index is 0.234. The van der Waals surface area contributed by atoms with Crippen LogP contribution < -0.4 is 0 Å². The zero-order chi connectivity index (χ0) is 11.7. The van der Waals surface area contributed by atoms with E-state index in [4.69, 9.17) is 4.74 Å². The summed E-state index contributed by atoms with van der Waals surface area (Å²) in [6, 6.07) is 0. The number of rotatable bonds is 7. The fraction of sp³-hybridized carbons (Fsp3) is 0.917. The van der Waals surface area contributed by atoms with Crippen molar-refractivity contribution in [3.05, 3.63) is 0 Å². The molecule has 0 saturated carbocycles. The summed E-state index contributed by atoms with van der Waals surface area (Å²) in [7, 11) is 0.234. The minimum atomic E-state index is 0.234. The molecular weight excluding hydrogens is 224 g/mol. The highest BCUT2D eigenvalue weighted by Crippen LogP contribution is 2.26. The van der Waals surface area contributed by atoms with Gasteiger partial charge in [-0.05, 0) is 23.8 Å². The molecule has 0 heterocycles. The molecule has 0 aliphatic heterocycles. The van der Waals surface area contributed by atoms with Crippen LogP contribution in [0.2, 0.25) is 0 Å². The Kier molecular flexibility index (Phi) is 10.1. The number of hydrogen-bond acceptors (Lipinski definition) is 1. The summed E-state index contributed by atoms with van der Waals surface area (Å²) in [6.07, 6.45) is 4.85. The largest absolute Gasteiger partial charge is 0.334 e. The molecule has 0 bridgehead atoms. The summed E-state index contributed by atoms with van der Waals surface area (Å²) < 4.78 is 6.67. The van der Waals surface area contributed by atoms with Gasteiger partial charge >= 0.3 is 0 Å². The van der Waals surface area contributed by atoms with Crippen LogP contribution >= 0.6 is 23.1 Å². The third kappa shape index (κ3) is 7.42. The summed E-state index contributed by atoms with van der Waals surface area (Å²) in [5.74, 6) is 1.24. The van der Waals surface area contributed by atoms with Crippen molar-refractivity contribution in [3.63, 3.8) is 0 Å². The minimum Gasteiger partial charge on any atom is -0.334 e. The zero-order valence-corrected chi connectivity index (χ0v) is 12.3. The molecule has 3 heteroatoms. The van der Waals surface area contributed by atoms with E-state index >= 15 is 0 Å². The quantitative estimate of drug-likeness (QED) is 0.403. The van der Waals surface area contributed by atoms with Gasteiger partial charge in [0.2, 0.25) is 0 Å². The van der Waals surface area contributed by atoms with E-state index in [1.165, 1.54) is 25.0 Å². The van der Waals surface area contributed by atoms with Crippen LogP contribution in [-0.4, -0.2) is 22.0 Å². The second-order valence-electron chi connectivity index (χ2n) is 4.00. The van der Waals surface area contributed by atoms with Crippen molar-refractivity contribution in [2.45, 2.75) is 58.6 Å². The molecule has 1 unspecified atom stereocenters. The highest BCUT2D eigenvalue weighted by molar-refractivity contribution is 8.27. The van der Waals surface area contributed by atoms with Gasteiger partial charge in [0.15, 0.2) is 0 Å². The Morgan fingerprint density at radius 3 is 2.27 bits per heavy atom. The molecule has 0 aliphatic carbocycles. The molecule has 0 N–H and O–H groups in total. The lowest BCUT2D eigenvalue weighted by molar-refractivity contribution is 0.313. The Morgan fingerprint density at radius 1 is 1.20 bits per heavy atom. The molecule has 15 heavy (non-hydrogen) atoms. The van der Waals surface area contributed by atoms with Crippen LogP contribution in [0.1, 0.15) is 53.4 Å². The first-order chi connectivity index (χ1) is 7.13. The van der Waals surface area contributed by atoms with Crippen molar-refractivity contribution >= 4 is 27.5 Å². The number of hydrogen-bond donors (Lipinski definition) is 1. The van der Waals surface area contributed by atoms with Crippen molar-refractivity contribution in [3.8, 4) is 0 Å². The molecule has 1 atom stereocenters. The second-order valence-corrected chi connectivity index (χ2v) is 7.29. The van der Waals surface area contributed by atoms with Crippen LogP contribution in [-0.2, 0) is 4.74 Å². The maximum Gasteiger partial charge on any atom is 0.130 e. The molecule has 1 nitrogen and oxygen atoms in total. The highest BCUT2D eigenvalue weighted by atomic mass is 32.2. The summed E-state index contributed by atoms with van der Waals surface area (Å²) in [5.41, 5.74) is 0. The molecule has 0 aromatic heterocycles. The summed E-state index contributed by atoms with van der Waals surface area (Å²) >= 11 is 4.52. The van der Waals surface area contributed by atoms with Crippen LogP contribution in [0.3, 0.4) is 0 Å². The molecule has 0 aromatic carbocycles. The molecule has 0 rings (SSSR count). The Balaban J connectivity index is 4.19. The lowest BCUT2D eigenvalue weighted by Gasteiger charge is -2.16. The van der Waals surface area contributed by atoms with Gasteiger partial charge in [-0.15, -0.1) is 23.1 Å². The predicted octanol–water partition coefficient (Wildman–Crippen LogP) is 4.30. The second kappa shape index (κ2) is 9.73. The molecule has 0 fully saturated rings. The van der Waals surface area contributed by atoms with Crippen LogP contribution in [0.5, 0.6) is 0 Å². The molecule has 92 valence electrons. The van der Waals surface area contributed by atoms with Crippen molar-refractivity contribution in [2.24, 2.45) is 0 Å². The Labute approximate surface area is 103 Å². The molecule has 0 amide bonds. The van der Waals surface area contributed by atoms with E-state index in [0.29, 0.717) is 5.25 Å². The molecule has 0 saturated heterocycles. The van der Waals surface area contributed by atoms with Gasteiger partial charge in [-0.1, -0.05) is 40.5 Å². The third-order valence-electron chi connectivity index (χ3n) is 2.23. The van der Waals surface area contributed by atoms with Crippen molar-refractivity contribution in [1.82, 2.24) is 0 Å². The van der Waals surface area contributed by atoms with Crippen LogP contribution in [0, 0.1) is 0 Å². The first-order valence-electron chi connectivity index (χ1n) is 6.01. The maximum atomic E-state index is 5.70. The smallest absolute Gasteiger partial charge is 0.130 e. The molecule has 0 aromatic rings. The summed E-state index contributed by atoms with van der Waals surface area (Å²) in [6.45, 7) is 9.77. The van der Waals surface area contributed by atoms with Gasteiger partial charge < -0.3 is 4.74 Å². The average molecular weight is 250 g/mol. The first-order valence-corrected chi connectivity index (χ1v) is 7.92. The van der Waals surface area contributed by atoms with Gasteiger partial charge in [0.1, 0.15) is 4.38 Å². The van der Waals surface area contributed by atoms with Gasteiger partial charge in [0.25, 0.3) is 0 Å². The van der Waals surface area contributed by atoms with Crippen LogP contribution in [0.4, 0.5) is 0 Å². The summed E-state index contributed by atoms with van der Waals surface area (Å²) in [4.78, 5) is 0. The van der Waals surface area contributed by atoms with Crippen molar-refractivity contribution in [2.75, 3.05) is 12.4 Å². The van der Waals surface area contributed by atoms with Gasteiger partial charge in [0.05, 0.1) is 6.61 Å². The Bertz CT molecular complexity index is 188. The third-order valence-corrected chi connectivity index (χ3v) is 5.50. The van der Waals surface area contributed by atoms with E-state index < -0.39 is 0 Å². The number of unbranched alkanes of at least 4 members (excludes halogenated alkanes) is 2. The van der Waals surface area contributed by atoms with Crippen LogP contribution in [0.15, 0.2) is 0 Å². The van der Waals surface area contributed by atoms with E-state index in [2.05, 4.69) is 40.3 Å². The van der Waals surface area contributed by atoms with Crippen LogP contribution in [0.25, 0.3) is 0 Å². The fourth-order valence-corrected chi connectivity index (χ4v) is 4.09. The maximum absolute atomic E-state index is 5.70. The SMILES string of the molecule is CCCCOC(S)=S(CCCC)C(C)C. The van der Waals surface area contributed by atoms with Crippen molar-refractivity contribution < 1.29 is 4.74 Å². The number of ether oxygens (including phenoxy) is 1. The van der Waals surface area contributed by atoms with E-state index in [9.17, 15) is 0 Å².